The number of nitrogens with zero attached hydrogens (tertiary/aromatic N) is 2. The van der Waals surface area contributed by atoms with Crippen LogP contribution in [0.2, 0.25) is 0 Å². The molecule has 1 saturated carbocycles. The Balaban J connectivity index is 1.64. The average Bonchev–Trinajstić information content (AvgIpc) is 3.42. The van der Waals surface area contributed by atoms with Crippen molar-refractivity contribution in [3.63, 3.8) is 0 Å². The Bertz CT molecular complexity index is 1080. The molecule has 1 heterocycles. The summed E-state index contributed by atoms with van der Waals surface area (Å²) in [5.41, 5.74) is 6.81. The number of halogens is 1. The number of carbonyl (C=O) groups is 1. The number of aliphatic hydroxyl groups excluding tert-OH is 1. The van der Waals surface area contributed by atoms with E-state index in [9.17, 15) is 14.3 Å². The lowest BCUT2D eigenvalue weighted by molar-refractivity contribution is -0.0844. The maximum Gasteiger partial charge on any atom is 0.250 e. The number of ether oxygens (including phenoxy) is 2. The minimum absolute atomic E-state index is 0.0492. The zero-order valence-electron chi connectivity index (χ0n) is 17.3. The fourth-order valence-electron chi connectivity index (χ4n) is 4.14. The minimum atomic E-state index is -1.02. The summed E-state index contributed by atoms with van der Waals surface area (Å²) in [6, 6.07) is 9.51. The van der Waals surface area contributed by atoms with Gasteiger partial charge in [-0.3, -0.25) is 9.48 Å². The van der Waals surface area contributed by atoms with Crippen LogP contribution in [0.5, 0.6) is 5.75 Å². The molecule has 0 saturated heterocycles. The van der Waals surface area contributed by atoms with E-state index in [0.717, 1.165) is 31.1 Å². The molecule has 1 fully saturated rings. The van der Waals surface area contributed by atoms with E-state index in [-0.39, 0.29) is 18.4 Å². The van der Waals surface area contributed by atoms with Gasteiger partial charge in [-0.2, -0.15) is 5.10 Å². The molecule has 31 heavy (non-hydrogen) atoms. The fourth-order valence-corrected chi connectivity index (χ4v) is 4.14. The number of primary amides is 1. The van der Waals surface area contributed by atoms with Gasteiger partial charge in [0, 0.05) is 11.6 Å². The Kier molecular flexibility index (Phi) is 6.20. The fraction of sp³-hybridized carbons (Fsp3) is 0.391. The van der Waals surface area contributed by atoms with Crippen molar-refractivity contribution in [1.82, 2.24) is 9.78 Å². The van der Waals surface area contributed by atoms with Crippen molar-refractivity contribution in [3.05, 3.63) is 59.5 Å². The van der Waals surface area contributed by atoms with Gasteiger partial charge < -0.3 is 20.3 Å². The lowest BCUT2D eigenvalue weighted by Gasteiger charge is -2.27. The molecule has 1 aliphatic rings. The predicted octanol–water partition coefficient (Wildman–Crippen LogP) is 3.34. The number of hydrogen-bond acceptors (Lipinski definition) is 5. The maximum atomic E-state index is 13.8. The molecule has 2 aromatic carbocycles. The van der Waals surface area contributed by atoms with Crippen LogP contribution in [-0.2, 0) is 11.3 Å². The molecule has 1 amide bonds. The van der Waals surface area contributed by atoms with E-state index >= 15 is 0 Å². The Morgan fingerprint density at radius 3 is 2.81 bits per heavy atom. The summed E-state index contributed by atoms with van der Waals surface area (Å²) in [6.07, 6.45) is 4.25. The molecule has 164 valence electrons. The Hall–Kier alpha value is -2.97. The SMILES string of the molecule is COc1cc(C(O)C(Cn2cc3cccc(C(N)=O)c3n2)OC2CCCC2)ccc1F. The van der Waals surface area contributed by atoms with Crippen molar-refractivity contribution in [1.29, 1.82) is 0 Å². The monoisotopic (exact) mass is 427 g/mol. The Morgan fingerprint density at radius 1 is 1.32 bits per heavy atom. The van der Waals surface area contributed by atoms with E-state index in [4.69, 9.17) is 15.2 Å². The van der Waals surface area contributed by atoms with Crippen molar-refractivity contribution in [3.8, 4) is 5.75 Å². The molecule has 3 N–H and O–H groups in total. The van der Waals surface area contributed by atoms with Crippen LogP contribution in [0.4, 0.5) is 4.39 Å². The molecule has 3 aromatic rings. The van der Waals surface area contributed by atoms with E-state index in [1.807, 2.05) is 6.07 Å². The van der Waals surface area contributed by atoms with Crippen molar-refractivity contribution >= 4 is 16.8 Å². The summed E-state index contributed by atoms with van der Waals surface area (Å²) in [7, 11) is 1.38. The number of nitrogens with two attached hydrogens (primary N) is 1. The number of carbonyl (C=O) groups excluding carboxylic acids is 1. The Morgan fingerprint density at radius 2 is 2.10 bits per heavy atom. The first-order chi connectivity index (χ1) is 15.0. The molecule has 2 unspecified atom stereocenters. The standard InChI is InChI=1S/C23H26FN3O4/c1-30-19-11-14(9-10-18(19)24)22(28)20(31-16-6-2-3-7-16)13-27-12-15-5-4-8-17(23(25)29)21(15)26-27/h4-5,8-12,16,20,22,28H,2-3,6-7,13H2,1H3,(H2,25,29). The zero-order chi connectivity index (χ0) is 22.0. The molecule has 1 aliphatic carbocycles. The second-order valence-electron chi connectivity index (χ2n) is 7.88. The molecular weight excluding hydrogens is 401 g/mol. The first-order valence-corrected chi connectivity index (χ1v) is 10.4. The summed E-state index contributed by atoms with van der Waals surface area (Å²) in [4.78, 5) is 11.7. The van der Waals surface area contributed by atoms with Gasteiger partial charge in [0.1, 0.15) is 17.7 Å². The summed E-state index contributed by atoms with van der Waals surface area (Å²) >= 11 is 0. The number of aromatic nitrogens is 2. The summed E-state index contributed by atoms with van der Waals surface area (Å²) in [5, 5.41) is 16.4. The molecule has 1 aromatic heterocycles. The lowest BCUT2D eigenvalue weighted by Crippen LogP contribution is -2.31. The quantitative estimate of drug-likeness (QED) is 0.574. The maximum absolute atomic E-state index is 13.8. The highest BCUT2D eigenvalue weighted by atomic mass is 19.1. The number of aliphatic hydroxyl groups is 1. The third-order valence-corrected chi connectivity index (χ3v) is 5.75. The molecular formula is C23H26FN3O4. The molecule has 4 rings (SSSR count). The van der Waals surface area contributed by atoms with E-state index < -0.39 is 23.9 Å². The number of methoxy groups -OCH3 is 1. The number of benzene rings is 2. The lowest BCUT2D eigenvalue weighted by atomic mass is 10.0. The molecule has 0 bridgehead atoms. The van der Waals surface area contributed by atoms with Gasteiger partial charge in [0.2, 0.25) is 0 Å². The van der Waals surface area contributed by atoms with Crippen LogP contribution >= 0.6 is 0 Å². The minimum Gasteiger partial charge on any atom is -0.494 e. The van der Waals surface area contributed by atoms with Crippen LogP contribution in [0.15, 0.2) is 42.6 Å². The van der Waals surface area contributed by atoms with Crippen molar-refractivity contribution in [2.75, 3.05) is 7.11 Å². The second kappa shape index (κ2) is 9.03. The molecule has 0 radical (unpaired) electrons. The number of rotatable bonds is 8. The summed E-state index contributed by atoms with van der Waals surface area (Å²) in [6.45, 7) is 0.254. The largest absolute Gasteiger partial charge is 0.494 e. The van der Waals surface area contributed by atoms with Crippen molar-refractivity contribution in [2.45, 2.75) is 50.5 Å². The highest BCUT2D eigenvalue weighted by molar-refractivity contribution is 6.04. The van der Waals surface area contributed by atoms with Crippen molar-refractivity contribution < 1.29 is 23.8 Å². The van der Waals surface area contributed by atoms with Crippen LogP contribution in [0.3, 0.4) is 0 Å². The van der Waals surface area contributed by atoms with Gasteiger partial charge in [-0.1, -0.05) is 31.0 Å². The summed E-state index contributed by atoms with van der Waals surface area (Å²) in [5.74, 6) is -0.982. The first-order valence-electron chi connectivity index (χ1n) is 10.4. The van der Waals surface area contributed by atoms with Gasteiger partial charge in [-0.05, 0) is 36.6 Å². The number of fused-ring (bicyclic) bond motifs is 1. The van der Waals surface area contributed by atoms with Crippen LogP contribution in [0.25, 0.3) is 10.9 Å². The Labute approximate surface area is 179 Å². The van der Waals surface area contributed by atoms with Gasteiger partial charge in [0.05, 0.1) is 25.3 Å². The molecule has 0 aliphatic heterocycles. The smallest absolute Gasteiger partial charge is 0.250 e. The normalized spacial score (nSPS) is 16.5. The van der Waals surface area contributed by atoms with E-state index in [2.05, 4.69) is 5.10 Å². The van der Waals surface area contributed by atoms with Gasteiger partial charge in [0.25, 0.3) is 5.91 Å². The van der Waals surface area contributed by atoms with Crippen LogP contribution in [-0.4, -0.2) is 40.1 Å². The third kappa shape index (κ3) is 4.55. The van der Waals surface area contributed by atoms with Gasteiger partial charge >= 0.3 is 0 Å². The molecule has 0 spiro atoms. The molecule has 2 atom stereocenters. The zero-order valence-corrected chi connectivity index (χ0v) is 17.3. The first kappa shape index (κ1) is 21.3. The van der Waals surface area contributed by atoms with Crippen LogP contribution in [0, 0.1) is 5.82 Å². The third-order valence-electron chi connectivity index (χ3n) is 5.75. The van der Waals surface area contributed by atoms with Crippen molar-refractivity contribution in [2.24, 2.45) is 5.73 Å². The van der Waals surface area contributed by atoms with Crippen LogP contribution < -0.4 is 10.5 Å². The average molecular weight is 427 g/mol. The van der Waals surface area contributed by atoms with Gasteiger partial charge in [0.15, 0.2) is 11.6 Å². The van der Waals surface area contributed by atoms with E-state index in [1.54, 1.807) is 23.0 Å². The highest BCUT2D eigenvalue weighted by Gasteiger charge is 2.28. The van der Waals surface area contributed by atoms with E-state index in [1.165, 1.54) is 25.3 Å². The van der Waals surface area contributed by atoms with Gasteiger partial charge in [-0.25, -0.2) is 4.39 Å². The van der Waals surface area contributed by atoms with Gasteiger partial charge in [-0.15, -0.1) is 0 Å². The number of amides is 1. The van der Waals surface area contributed by atoms with E-state index in [0.29, 0.717) is 16.6 Å². The van der Waals surface area contributed by atoms with Crippen LogP contribution in [0.1, 0.15) is 47.7 Å². The molecule has 7 nitrogen and oxygen atoms in total. The highest BCUT2D eigenvalue weighted by Crippen LogP contribution is 2.30. The molecule has 8 heteroatoms. The predicted molar refractivity (Wildman–Crippen MR) is 113 cm³/mol. The summed E-state index contributed by atoms with van der Waals surface area (Å²) < 4.78 is 26.8. The second-order valence-corrected chi connectivity index (χ2v) is 7.88. The topological polar surface area (TPSA) is 99.6 Å². The number of hydrogen-bond donors (Lipinski definition) is 2.